The van der Waals surface area contributed by atoms with Gasteiger partial charge in [0.15, 0.2) is 0 Å². The Balaban J connectivity index is 4.00. The second-order valence-electron chi connectivity index (χ2n) is 7.12. The molecule has 0 heterocycles. The highest BCUT2D eigenvalue weighted by Crippen LogP contribution is 2.11. The number of carboxylic acid groups (broad SMARTS) is 1. The molecule has 0 bridgehead atoms. The van der Waals surface area contributed by atoms with E-state index >= 15 is 0 Å². The van der Waals surface area contributed by atoms with Gasteiger partial charge in [0.25, 0.3) is 0 Å². The molecule has 0 aromatic heterocycles. The maximum atomic E-state index is 12.0. The van der Waals surface area contributed by atoms with Crippen molar-refractivity contribution in [3.8, 4) is 0 Å². The summed E-state index contributed by atoms with van der Waals surface area (Å²) in [5, 5.41) is 11.4. The van der Waals surface area contributed by atoms with Gasteiger partial charge in [0, 0.05) is 12.8 Å². The topological polar surface area (TPSA) is 92.7 Å². The van der Waals surface area contributed by atoms with E-state index in [0.29, 0.717) is 6.42 Å². The number of carboxylic acids is 1. The van der Waals surface area contributed by atoms with Crippen LogP contribution < -0.4 is 5.32 Å². The molecule has 0 aromatic carbocycles. The number of carbonyl (C=O) groups is 3. The first-order valence-corrected chi connectivity index (χ1v) is 10.1. The van der Waals surface area contributed by atoms with Crippen LogP contribution in [0.25, 0.3) is 0 Å². The van der Waals surface area contributed by atoms with Crippen LogP contribution in [0.3, 0.4) is 0 Å². The molecule has 2 N–H and O–H groups in total. The normalized spacial score (nSPS) is 12.0. The molecule has 1 atom stereocenters. The first-order valence-electron chi connectivity index (χ1n) is 10.1. The van der Waals surface area contributed by atoms with Crippen LogP contribution in [0.2, 0.25) is 0 Å². The molecule has 0 saturated carbocycles. The summed E-state index contributed by atoms with van der Waals surface area (Å²) in [6.45, 7) is 5.65. The van der Waals surface area contributed by atoms with Crippen LogP contribution in [0.5, 0.6) is 0 Å². The fourth-order valence-electron chi connectivity index (χ4n) is 2.69. The monoisotopic (exact) mass is 371 g/mol. The predicted molar refractivity (Wildman–Crippen MR) is 102 cm³/mol. The first kappa shape index (κ1) is 24.4. The highest BCUT2D eigenvalue weighted by molar-refractivity contribution is 5.84. The van der Waals surface area contributed by atoms with E-state index in [2.05, 4.69) is 12.2 Å². The van der Waals surface area contributed by atoms with Gasteiger partial charge in [-0.1, -0.05) is 58.3 Å². The third-order valence-electron chi connectivity index (χ3n) is 4.13. The lowest BCUT2D eigenvalue weighted by Crippen LogP contribution is -2.42. The number of hydrogen-bond acceptors (Lipinski definition) is 4. The van der Waals surface area contributed by atoms with Gasteiger partial charge in [0.2, 0.25) is 5.91 Å². The first-order chi connectivity index (χ1) is 12.4. The van der Waals surface area contributed by atoms with E-state index in [9.17, 15) is 14.4 Å². The molecule has 1 unspecified atom stereocenters. The zero-order chi connectivity index (χ0) is 19.8. The van der Waals surface area contributed by atoms with Gasteiger partial charge in [-0.05, 0) is 26.7 Å². The largest absolute Gasteiger partial charge is 0.481 e. The molecule has 0 aliphatic heterocycles. The molecular formula is C20H37NO5. The van der Waals surface area contributed by atoms with Crippen molar-refractivity contribution in [2.24, 2.45) is 0 Å². The molecule has 6 nitrogen and oxygen atoms in total. The molecule has 152 valence electrons. The van der Waals surface area contributed by atoms with E-state index in [1.807, 2.05) is 0 Å². The van der Waals surface area contributed by atoms with Gasteiger partial charge in [0.1, 0.15) is 6.04 Å². The standard InChI is InChI=1S/C20H37NO5/c1-4-5-6-7-8-9-10-11-12-13-18(22)21-17(14-15-19(23)24)20(25)26-16(2)3/h16-17H,4-15H2,1-3H3,(H,21,22)(H,23,24). The summed E-state index contributed by atoms with van der Waals surface area (Å²) >= 11 is 0. The summed E-state index contributed by atoms with van der Waals surface area (Å²) < 4.78 is 5.10. The van der Waals surface area contributed by atoms with Crippen molar-refractivity contribution in [2.75, 3.05) is 0 Å². The fraction of sp³-hybridized carbons (Fsp3) is 0.850. The summed E-state index contributed by atoms with van der Waals surface area (Å²) in [4.78, 5) is 34.7. The van der Waals surface area contributed by atoms with Crippen LogP contribution in [-0.4, -0.2) is 35.1 Å². The van der Waals surface area contributed by atoms with Crippen molar-refractivity contribution in [3.05, 3.63) is 0 Å². The average molecular weight is 372 g/mol. The Labute approximate surface area is 158 Å². The fourth-order valence-corrected chi connectivity index (χ4v) is 2.69. The smallest absolute Gasteiger partial charge is 0.328 e. The van der Waals surface area contributed by atoms with Gasteiger partial charge in [-0.3, -0.25) is 9.59 Å². The lowest BCUT2D eigenvalue weighted by molar-refractivity contribution is -0.152. The SMILES string of the molecule is CCCCCCCCCCCC(=O)NC(CCC(=O)O)C(=O)OC(C)C. The third kappa shape index (κ3) is 14.7. The Morgan fingerprint density at radius 3 is 1.92 bits per heavy atom. The molecular weight excluding hydrogens is 334 g/mol. The van der Waals surface area contributed by atoms with Crippen molar-refractivity contribution in [1.82, 2.24) is 5.32 Å². The molecule has 0 spiro atoms. The Morgan fingerprint density at radius 2 is 1.42 bits per heavy atom. The van der Waals surface area contributed by atoms with E-state index in [4.69, 9.17) is 9.84 Å². The zero-order valence-electron chi connectivity index (χ0n) is 16.7. The quantitative estimate of drug-likeness (QED) is 0.313. The maximum Gasteiger partial charge on any atom is 0.328 e. The number of hydrogen-bond donors (Lipinski definition) is 2. The Hall–Kier alpha value is -1.59. The average Bonchev–Trinajstić information content (AvgIpc) is 2.56. The van der Waals surface area contributed by atoms with Crippen molar-refractivity contribution >= 4 is 17.8 Å². The molecule has 1 amide bonds. The zero-order valence-corrected chi connectivity index (χ0v) is 16.7. The maximum absolute atomic E-state index is 12.0. The highest BCUT2D eigenvalue weighted by atomic mass is 16.5. The van der Waals surface area contributed by atoms with Gasteiger partial charge in [0.05, 0.1) is 6.10 Å². The number of rotatable bonds is 16. The van der Waals surface area contributed by atoms with Crippen LogP contribution in [0, 0.1) is 0 Å². The lowest BCUT2D eigenvalue weighted by atomic mass is 10.1. The molecule has 0 rings (SSSR count). The number of unbranched alkanes of at least 4 members (excludes halogenated alkanes) is 8. The Kier molecular flexibility index (Phi) is 14.7. The summed E-state index contributed by atoms with van der Waals surface area (Å²) in [6.07, 6.45) is 10.4. The molecule has 0 radical (unpaired) electrons. The number of ether oxygens (including phenoxy) is 1. The summed E-state index contributed by atoms with van der Waals surface area (Å²) in [7, 11) is 0. The molecule has 6 heteroatoms. The van der Waals surface area contributed by atoms with Gasteiger partial charge < -0.3 is 15.2 Å². The van der Waals surface area contributed by atoms with E-state index in [1.165, 1.54) is 38.5 Å². The number of carbonyl (C=O) groups excluding carboxylic acids is 2. The van der Waals surface area contributed by atoms with E-state index in [0.717, 1.165) is 19.3 Å². The van der Waals surface area contributed by atoms with Crippen LogP contribution in [0.4, 0.5) is 0 Å². The Bertz CT molecular complexity index is 409. The minimum Gasteiger partial charge on any atom is -0.481 e. The van der Waals surface area contributed by atoms with E-state index < -0.39 is 18.0 Å². The van der Waals surface area contributed by atoms with Gasteiger partial charge >= 0.3 is 11.9 Å². The second-order valence-corrected chi connectivity index (χ2v) is 7.12. The minimum atomic E-state index is -1.000. The minimum absolute atomic E-state index is 0.0460. The van der Waals surface area contributed by atoms with Crippen molar-refractivity contribution in [1.29, 1.82) is 0 Å². The molecule has 0 aromatic rings. The number of esters is 1. The van der Waals surface area contributed by atoms with E-state index in [1.54, 1.807) is 13.8 Å². The molecule has 0 saturated heterocycles. The summed E-state index contributed by atoms with van der Waals surface area (Å²) in [5.41, 5.74) is 0. The number of nitrogens with one attached hydrogen (secondary N) is 1. The van der Waals surface area contributed by atoms with Crippen molar-refractivity contribution in [2.45, 2.75) is 110 Å². The van der Waals surface area contributed by atoms with Crippen LogP contribution in [0.1, 0.15) is 97.8 Å². The van der Waals surface area contributed by atoms with Crippen LogP contribution >= 0.6 is 0 Å². The molecule has 0 fully saturated rings. The predicted octanol–water partition coefficient (Wildman–Crippen LogP) is 4.21. The third-order valence-corrected chi connectivity index (χ3v) is 4.13. The highest BCUT2D eigenvalue weighted by Gasteiger charge is 2.23. The van der Waals surface area contributed by atoms with Gasteiger partial charge in [-0.2, -0.15) is 0 Å². The van der Waals surface area contributed by atoms with Crippen LogP contribution in [-0.2, 0) is 19.1 Å². The van der Waals surface area contributed by atoms with Crippen LogP contribution in [0.15, 0.2) is 0 Å². The van der Waals surface area contributed by atoms with Crippen molar-refractivity contribution in [3.63, 3.8) is 0 Å². The van der Waals surface area contributed by atoms with E-state index in [-0.39, 0.29) is 24.9 Å². The summed E-state index contributed by atoms with van der Waals surface area (Å²) in [6, 6.07) is -0.889. The number of amides is 1. The Morgan fingerprint density at radius 1 is 0.885 bits per heavy atom. The lowest BCUT2D eigenvalue weighted by Gasteiger charge is -2.18. The molecule has 0 aliphatic carbocycles. The molecule has 26 heavy (non-hydrogen) atoms. The second kappa shape index (κ2) is 15.6. The van der Waals surface area contributed by atoms with Gasteiger partial charge in [-0.25, -0.2) is 4.79 Å². The summed E-state index contributed by atoms with van der Waals surface area (Å²) in [5.74, 6) is -1.79. The van der Waals surface area contributed by atoms with Crippen molar-refractivity contribution < 1.29 is 24.2 Å². The van der Waals surface area contributed by atoms with Gasteiger partial charge in [-0.15, -0.1) is 0 Å². The number of aliphatic carboxylic acids is 1. The molecule has 0 aliphatic rings.